The molecule has 1 rings (SSSR count). The maximum Gasteiger partial charge on any atom is 0.333 e. The van der Waals surface area contributed by atoms with Crippen LogP contribution < -0.4 is 5.14 Å². The monoisotopic (exact) mass is 264 g/mol. The van der Waals surface area contributed by atoms with Crippen molar-refractivity contribution in [3.05, 3.63) is 0 Å². The van der Waals surface area contributed by atoms with Crippen LogP contribution in [-0.2, 0) is 14.5 Å². The van der Waals surface area contributed by atoms with E-state index in [4.69, 9.17) is 9.32 Å². The van der Waals surface area contributed by atoms with Crippen molar-refractivity contribution in [1.29, 1.82) is 0 Å². The molecule has 1 fully saturated rings. The van der Waals surface area contributed by atoms with E-state index in [2.05, 4.69) is 18.7 Å². The summed E-state index contributed by atoms with van der Waals surface area (Å²) in [6.45, 7) is 9.95. The van der Waals surface area contributed by atoms with E-state index in [1.54, 1.807) is 0 Å². The standard InChI is InChI=1S/C11H24N2O3S/c1-9(2)11(16-17(12,14)15)5-7-13(8-6-11)10(3)4/h9-10H,5-8H2,1-4H3,(H2,12,14,15). The van der Waals surface area contributed by atoms with Crippen molar-refractivity contribution in [2.45, 2.75) is 52.2 Å². The van der Waals surface area contributed by atoms with Gasteiger partial charge in [0.05, 0.1) is 5.60 Å². The largest absolute Gasteiger partial charge is 0.333 e. The second kappa shape index (κ2) is 5.22. The van der Waals surface area contributed by atoms with E-state index in [1.165, 1.54) is 0 Å². The third-order valence-electron chi connectivity index (χ3n) is 3.71. The Bertz CT molecular complexity index is 344. The maximum absolute atomic E-state index is 11.2. The third-order valence-corrected chi connectivity index (χ3v) is 4.27. The summed E-state index contributed by atoms with van der Waals surface area (Å²) in [5, 5.41) is 5.02. The first-order valence-electron chi connectivity index (χ1n) is 6.14. The highest BCUT2D eigenvalue weighted by Gasteiger charge is 2.41. The van der Waals surface area contributed by atoms with Gasteiger partial charge in [-0.3, -0.25) is 4.18 Å². The topological polar surface area (TPSA) is 72.6 Å². The molecule has 17 heavy (non-hydrogen) atoms. The first kappa shape index (κ1) is 14.9. The summed E-state index contributed by atoms with van der Waals surface area (Å²) >= 11 is 0. The van der Waals surface area contributed by atoms with Crippen LogP contribution in [0.5, 0.6) is 0 Å². The summed E-state index contributed by atoms with van der Waals surface area (Å²) in [5.74, 6) is 0.134. The highest BCUT2D eigenvalue weighted by atomic mass is 32.2. The second-order valence-electron chi connectivity index (χ2n) is 5.43. The fourth-order valence-electron chi connectivity index (χ4n) is 2.41. The number of hydrogen-bond acceptors (Lipinski definition) is 4. The van der Waals surface area contributed by atoms with Gasteiger partial charge in [-0.25, -0.2) is 5.14 Å². The van der Waals surface area contributed by atoms with Crippen LogP contribution in [0.15, 0.2) is 0 Å². The lowest BCUT2D eigenvalue weighted by molar-refractivity contribution is -0.0353. The number of nitrogens with two attached hydrogens (primary N) is 1. The van der Waals surface area contributed by atoms with Crippen LogP contribution in [0.2, 0.25) is 0 Å². The number of piperidine rings is 1. The predicted molar refractivity (Wildman–Crippen MR) is 67.7 cm³/mol. The van der Waals surface area contributed by atoms with E-state index in [1.807, 2.05) is 13.8 Å². The molecule has 0 aromatic carbocycles. The molecule has 102 valence electrons. The summed E-state index contributed by atoms with van der Waals surface area (Å²) in [7, 11) is -3.88. The van der Waals surface area contributed by atoms with E-state index in [0.29, 0.717) is 18.9 Å². The first-order valence-corrected chi connectivity index (χ1v) is 7.61. The lowest BCUT2D eigenvalue weighted by atomic mass is 9.81. The minimum atomic E-state index is -3.88. The average molecular weight is 264 g/mol. The molecule has 0 atom stereocenters. The molecule has 0 unspecified atom stereocenters. The van der Waals surface area contributed by atoms with E-state index in [-0.39, 0.29) is 5.92 Å². The lowest BCUT2D eigenvalue weighted by Gasteiger charge is -2.44. The molecule has 0 saturated carbocycles. The van der Waals surface area contributed by atoms with Gasteiger partial charge >= 0.3 is 10.3 Å². The molecule has 5 nitrogen and oxygen atoms in total. The SMILES string of the molecule is CC(C)N1CCC(OS(N)(=O)=O)(C(C)C)CC1. The van der Waals surface area contributed by atoms with Crippen LogP contribution in [0.3, 0.4) is 0 Å². The molecule has 1 aliphatic heterocycles. The number of rotatable bonds is 4. The Hall–Kier alpha value is -0.170. The van der Waals surface area contributed by atoms with Gasteiger partial charge in [-0.1, -0.05) is 13.8 Å². The second-order valence-corrected chi connectivity index (χ2v) is 6.58. The van der Waals surface area contributed by atoms with Gasteiger partial charge in [0.25, 0.3) is 0 Å². The van der Waals surface area contributed by atoms with Gasteiger partial charge in [0, 0.05) is 19.1 Å². The molecule has 0 amide bonds. The highest BCUT2D eigenvalue weighted by molar-refractivity contribution is 7.84. The van der Waals surface area contributed by atoms with Gasteiger partial charge < -0.3 is 4.90 Å². The van der Waals surface area contributed by atoms with Gasteiger partial charge in [0.2, 0.25) is 0 Å². The third kappa shape index (κ3) is 3.91. The minimum Gasteiger partial charge on any atom is -0.301 e. The van der Waals surface area contributed by atoms with E-state index < -0.39 is 15.9 Å². The highest BCUT2D eigenvalue weighted by Crippen LogP contribution is 2.35. The van der Waals surface area contributed by atoms with Crippen molar-refractivity contribution in [2.24, 2.45) is 11.1 Å². The Labute approximate surface area is 105 Å². The van der Waals surface area contributed by atoms with E-state index in [9.17, 15) is 8.42 Å². The van der Waals surface area contributed by atoms with Crippen molar-refractivity contribution in [1.82, 2.24) is 4.90 Å². The first-order chi connectivity index (χ1) is 7.66. The average Bonchev–Trinajstić information content (AvgIpc) is 2.15. The predicted octanol–water partition coefficient (Wildman–Crippen LogP) is 1.11. The molecule has 6 heteroatoms. The summed E-state index contributed by atoms with van der Waals surface area (Å²) in [6, 6.07) is 0.481. The lowest BCUT2D eigenvalue weighted by Crippen LogP contribution is -2.52. The molecule has 1 aliphatic rings. The number of hydrogen-bond donors (Lipinski definition) is 1. The summed E-state index contributed by atoms with van der Waals surface area (Å²) in [5.41, 5.74) is -0.626. The van der Waals surface area contributed by atoms with Gasteiger partial charge in [0.1, 0.15) is 0 Å². The molecule has 1 heterocycles. The van der Waals surface area contributed by atoms with Crippen molar-refractivity contribution in [3.63, 3.8) is 0 Å². The van der Waals surface area contributed by atoms with Crippen LogP contribution in [0, 0.1) is 5.92 Å². The number of likely N-dealkylation sites (tertiary alicyclic amines) is 1. The van der Waals surface area contributed by atoms with Gasteiger partial charge in [-0.2, -0.15) is 8.42 Å². The molecular formula is C11H24N2O3S. The van der Waals surface area contributed by atoms with Crippen LogP contribution in [0.25, 0.3) is 0 Å². The fraction of sp³-hybridized carbons (Fsp3) is 1.00. The maximum atomic E-state index is 11.2. The quantitative estimate of drug-likeness (QED) is 0.825. The molecular weight excluding hydrogens is 240 g/mol. The molecule has 0 aliphatic carbocycles. The Morgan fingerprint density at radius 1 is 1.18 bits per heavy atom. The molecule has 2 N–H and O–H groups in total. The zero-order valence-electron chi connectivity index (χ0n) is 11.1. The Balaban J connectivity index is 2.77. The van der Waals surface area contributed by atoms with Crippen molar-refractivity contribution in [2.75, 3.05) is 13.1 Å². The van der Waals surface area contributed by atoms with Crippen LogP contribution in [0.1, 0.15) is 40.5 Å². The zero-order chi connectivity index (χ0) is 13.3. The van der Waals surface area contributed by atoms with Crippen LogP contribution >= 0.6 is 0 Å². The molecule has 0 radical (unpaired) electrons. The van der Waals surface area contributed by atoms with Crippen molar-refractivity contribution >= 4 is 10.3 Å². The van der Waals surface area contributed by atoms with Crippen molar-refractivity contribution in [3.8, 4) is 0 Å². The summed E-state index contributed by atoms with van der Waals surface area (Å²) in [6.07, 6.45) is 1.42. The van der Waals surface area contributed by atoms with Gasteiger partial charge in [0.15, 0.2) is 0 Å². The van der Waals surface area contributed by atoms with Crippen LogP contribution in [0.4, 0.5) is 0 Å². The molecule has 0 spiro atoms. The number of nitrogens with zero attached hydrogens (tertiary/aromatic N) is 1. The fourth-order valence-corrected chi connectivity index (χ4v) is 3.23. The minimum absolute atomic E-state index is 0.134. The molecule has 1 saturated heterocycles. The molecule has 0 aromatic rings. The van der Waals surface area contributed by atoms with Gasteiger partial charge in [-0.15, -0.1) is 0 Å². The Kier molecular flexibility index (Phi) is 4.57. The van der Waals surface area contributed by atoms with Crippen molar-refractivity contribution < 1.29 is 12.6 Å². The molecule has 0 aromatic heterocycles. The van der Waals surface area contributed by atoms with E-state index in [0.717, 1.165) is 13.1 Å². The Morgan fingerprint density at radius 2 is 1.65 bits per heavy atom. The van der Waals surface area contributed by atoms with E-state index >= 15 is 0 Å². The normalized spacial score (nSPS) is 22.3. The smallest absolute Gasteiger partial charge is 0.301 e. The Morgan fingerprint density at radius 3 is 1.94 bits per heavy atom. The zero-order valence-corrected chi connectivity index (χ0v) is 12.0. The van der Waals surface area contributed by atoms with Gasteiger partial charge in [-0.05, 0) is 32.6 Å². The summed E-state index contributed by atoms with van der Waals surface area (Å²) in [4.78, 5) is 2.33. The summed E-state index contributed by atoms with van der Waals surface area (Å²) < 4.78 is 27.5. The molecule has 0 bridgehead atoms. The van der Waals surface area contributed by atoms with Crippen LogP contribution in [-0.4, -0.2) is 38.1 Å².